The molecule has 1 aromatic heterocycles. The minimum Gasteiger partial charge on any atom is -0.393 e. The molecule has 0 aromatic carbocycles. The van der Waals surface area contributed by atoms with E-state index < -0.39 is 5.60 Å². The van der Waals surface area contributed by atoms with Crippen molar-refractivity contribution in [3.05, 3.63) is 17.5 Å². The summed E-state index contributed by atoms with van der Waals surface area (Å²) in [5.74, 6) is 0.356. The van der Waals surface area contributed by atoms with Gasteiger partial charge in [0.05, 0.1) is 13.2 Å². The van der Waals surface area contributed by atoms with Crippen LogP contribution in [-0.2, 0) is 0 Å². The Hall–Kier alpha value is -1.40. The van der Waals surface area contributed by atoms with Crippen LogP contribution < -0.4 is 0 Å². The van der Waals surface area contributed by atoms with E-state index in [1.54, 1.807) is 11.0 Å². The van der Waals surface area contributed by atoms with Crippen LogP contribution >= 0.6 is 0 Å². The van der Waals surface area contributed by atoms with Crippen LogP contribution in [0.1, 0.15) is 41.4 Å². The number of nitrogens with one attached hydrogen (secondary N) is 1. The number of hydrogen-bond donors (Lipinski definition) is 3. The number of carbonyl (C=O) groups excluding carboxylic acids is 1. The van der Waals surface area contributed by atoms with E-state index in [2.05, 4.69) is 10.2 Å². The van der Waals surface area contributed by atoms with Gasteiger partial charge in [0.25, 0.3) is 5.91 Å². The van der Waals surface area contributed by atoms with Crippen LogP contribution in [0.5, 0.6) is 0 Å². The van der Waals surface area contributed by atoms with Gasteiger partial charge in [-0.15, -0.1) is 0 Å². The first kappa shape index (κ1) is 11.7. The molecule has 6 heteroatoms. The molecule has 18 heavy (non-hydrogen) atoms. The maximum atomic E-state index is 12.2. The number of H-pyrrole nitrogens is 1. The lowest BCUT2D eigenvalue weighted by molar-refractivity contribution is -0.00460. The molecule has 2 heterocycles. The van der Waals surface area contributed by atoms with Crippen LogP contribution in [-0.4, -0.2) is 56.5 Å². The topological polar surface area (TPSA) is 89.5 Å². The van der Waals surface area contributed by atoms with Gasteiger partial charge >= 0.3 is 0 Å². The summed E-state index contributed by atoms with van der Waals surface area (Å²) in [5, 5.41) is 25.9. The lowest BCUT2D eigenvalue weighted by atomic mass is 10.1. The molecule has 3 N–H and O–H groups in total. The van der Waals surface area contributed by atoms with Crippen molar-refractivity contribution in [2.75, 3.05) is 19.7 Å². The highest BCUT2D eigenvalue weighted by atomic mass is 16.3. The predicted octanol–water partition coefficient (Wildman–Crippen LogP) is -0.144. The molecule has 6 nitrogen and oxygen atoms in total. The third-order valence-corrected chi connectivity index (χ3v) is 3.75. The molecule has 0 radical (unpaired) electrons. The van der Waals surface area contributed by atoms with Gasteiger partial charge in [0.2, 0.25) is 0 Å². The van der Waals surface area contributed by atoms with E-state index in [-0.39, 0.29) is 19.1 Å². The molecule has 1 unspecified atom stereocenters. The van der Waals surface area contributed by atoms with Crippen LogP contribution in [0.4, 0.5) is 0 Å². The van der Waals surface area contributed by atoms with Gasteiger partial charge in [-0.1, -0.05) is 0 Å². The van der Waals surface area contributed by atoms with E-state index in [0.29, 0.717) is 24.6 Å². The third-order valence-electron chi connectivity index (χ3n) is 3.75. The summed E-state index contributed by atoms with van der Waals surface area (Å²) in [6.07, 6.45) is 2.72. The SMILES string of the molecule is O=C(c1cc(C2CC2)[nH]n1)N1CCC(O)(CO)C1. The maximum Gasteiger partial charge on any atom is 0.274 e. The molecular formula is C12H17N3O3. The second-order valence-electron chi connectivity index (χ2n) is 5.34. The normalized spacial score (nSPS) is 27.8. The van der Waals surface area contributed by atoms with Crippen molar-refractivity contribution in [2.24, 2.45) is 0 Å². The molecule has 1 aliphatic heterocycles. The molecule has 1 aromatic rings. The highest BCUT2D eigenvalue weighted by Gasteiger charge is 2.38. The van der Waals surface area contributed by atoms with Gasteiger partial charge in [-0.2, -0.15) is 5.10 Å². The van der Waals surface area contributed by atoms with Crippen LogP contribution in [0.25, 0.3) is 0 Å². The number of carbonyl (C=O) groups is 1. The lowest BCUT2D eigenvalue weighted by Crippen LogP contribution is -2.38. The third kappa shape index (κ3) is 2.02. The number of aliphatic hydroxyl groups is 2. The van der Waals surface area contributed by atoms with Gasteiger partial charge in [-0.05, 0) is 25.3 Å². The summed E-state index contributed by atoms with van der Waals surface area (Å²) in [7, 11) is 0. The maximum absolute atomic E-state index is 12.2. The smallest absolute Gasteiger partial charge is 0.274 e. The number of aliphatic hydroxyl groups excluding tert-OH is 1. The summed E-state index contributed by atoms with van der Waals surface area (Å²) in [6, 6.07) is 1.80. The standard InChI is InChI=1S/C12H17N3O3/c16-7-12(18)3-4-15(6-12)11(17)10-5-9(13-14-10)8-1-2-8/h5,8,16,18H,1-4,6-7H2,(H,13,14). The first-order valence-corrected chi connectivity index (χ1v) is 6.29. The molecular weight excluding hydrogens is 234 g/mol. The summed E-state index contributed by atoms with van der Waals surface area (Å²) in [5.41, 5.74) is 0.278. The fourth-order valence-corrected chi connectivity index (χ4v) is 2.37. The Balaban J connectivity index is 1.70. The molecule has 1 saturated heterocycles. The van der Waals surface area contributed by atoms with Gasteiger partial charge in [0, 0.05) is 18.2 Å². The summed E-state index contributed by atoms with van der Waals surface area (Å²) in [4.78, 5) is 13.7. The number of nitrogens with zero attached hydrogens (tertiary/aromatic N) is 2. The Morgan fingerprint density at radius 1 is 1.61 bits per heavy atom. The van der Waals surface area contributed by atoms with Crippen molar-refractivity contribution in [2.45, 2.75) is 30.8 Å². The number of aromatic nitrogens is 2. The predicted molar refractivity (Wildman–Crippen MR) is 63.1 cm³/mol. The summed E-state index contributed by atoms with van der Waals surface area (Å²) < 4.78 is 0. The van der Waals surface area contributed by atoms with E-state index in [1.807, 2.05) is 0 Å². The van der Waals surface area contributed by atoms with Crippen molar-refractivity contribution in [1.29, 1.82) is 0 Å². The van der Waals surface area contributed by atoms with Crippen molar-refractivity contribution in [3.8, 4) is 0 Å². The van der Waals surface area contributed by atoms with Gasteiger partial charge in [0.1, 0.15) is 11.3 Å². The van der Waals surface area contributed by atoms with Crippen molar-refractivity contribution in [3.63, 3.8) is 0 Å². The van der Waals surface area contributed by atoms with E-state index >= 15 is 0 Å². The fraction of sp³-hybridized carbons (Fsp3) is 0.667. The first-order valence-electron chi connectivity index (χ1n) is 6.29. The van der Waals surface area contributed by atoms with Crippen molar-refractivity contribution in [1.82, 2.24) is 15.1 Å². The molecule has 1 aliphatic carbocycles. The molecule has 98 valence electrons. The largest absolute Gasteiger partial charge is 0.393 e. The van der Waals surface area contributed by atoms with E-state index in [9.17, 15) is 9.90 Å². The highest BCUT2D eigenvalue weighted by Crippen LogP contribution is 2.39. The zero-order valence-corrected chi connectivity index (χ0v) is 10.1. The zero-order valence-electron chi connectivity index (χ0n) is 10.1. The average molecular weight is 251 g/mol. The number of hydrogen-bond acceptors (Lipinski definition) is 4. The molecule has 2 aliphatic rings. The molecule has 0 bridgehead atoms. The van der Waals surface area contributed by atoms with Crippen molar-refractivity contribution >= 4 is 5.91 Å². The van der Waals surface area contributed by atoms with E-state index in [4.69, 9.17) is 5.11 Å². The van der Waals surface area contributed by atoms with Crippen LogP contribution in [0.2, 0.25) is 0 Å². The van der Waals surface area contributed by atoms with Gasteiger partial charge < -0.3 is 15.1 Å². The summed E-state index contributed by atoms with van der Waals surface area (Å²) >= 11 is 0. The van der Waals surface area contributed by atoms with Gasteiger partial charge in [0.15, 0.2) is 0 Å². The van der Waals surface area contributed by atoms with E-state index in [1.165, 1.54) is 0 Å². The number of aromatic amines is 1. The number of likely N-dealkylation sites (tertiary alicyclic amines) is 1. The first-order chi connectivity index (χ1) is 8.61. The molecule has 1 amide bonds. The highest BCUT2D eigenvalue weighted by molar-refractivity contribution is 5.92. The number of amides is 1. The molecule has 1 saturated carbocycles. The molecule has 0 spiro atoms. The Labute approximate surface area is 105 Å². The van der Waals surface area contributed by atoms with Gasteiger partial charge in [-0.3, -0.25) is 9.89 Å². The van der Waals surface area contributed by atoms with Crippen LogP contribution in [0, 0.1) is 0 Å². The number of rotatable bonds is 3. The molecule has 2 fully saturated rings. The van der Waals surface area contributed by atoms with Crippen LogP contribution in [0.15, 0.2) is 6.07 Å². The van der Waals surface area contributed by atoms with Gasteiger partial charge in [-0.25, -0.2) is 0 Å². The Morgan fingerprint density at radius 3 is 3.00 bits per heavy atom. The Kier molecular flexibility index (Phi) is 2.64. The zero-order chi connectivity index (χ0) is 12.8. The Morgan fingerprint density at radius 2 is 2.39 bits per heavy atom. The minimum absolute atomic E-state index is 0.175. The molecule has 3 rings (SSSR count). The van der Waals surface area contributed by atoms with E-state index in [0.717, 1.165) is 18.5 Å². The second kappa shape index (κ2) is 4.07. The summed E-state index contributed by atoms with van der Waals surface area (Å²) in [6.45, 7) is 0.320. The fourth-order valence-electron chi connectivity index (χ4n) is 2.37. The second-order valence-corrected chi connectivity index (χ2v) is 5.34. The minimum atomic E-state index is -1.15. The Bertz CT molecular complexity index is 469. The van der Waals surface area contributed by atoms with Crippen LogP contribution in [0.3, 0.4) is 0 Å². The molecule has 1 atom stereocenters. The van der Waals surface area contributed by atoms with Crippen molar-refractivity contribution < 1.29 is 15.0 Å². The monoisotopic (exact) mass is 251 g/mol. The quantitative estimate of drug-likeness (QED) is 0.697. The number of β-amino-alcohol motifs (C(OH)–C–C–N with tert-alkyl or cyclic N) is 1. The average Bonchev–Trinajstić information content (AvgIpc) is 2.97. The lowest BCUT2D eigenvalue weighted by Gasteiger charge is -2.20.